The normalized spacial score (nSPS) is 10.3. The molecule has 1 aromatic carbocycles. The average molecular weight is 294 g/mol. The number of hydrogen-bond donors (Lipinski definition) is 0. The van der Waals surface area contributed by atoms with Crippen LogP contribution in [-0.2, 0) is 6.42 Å². The second-order valence-electron chi connectivity index (χ2n) is 3.40. The molecule has 2 rings (SSSR count). The maximum atomic E-state index is 4.33. The third kappa shape index (κ3) is 3.65. The highest BCUT2D eigenvalue weighted by atomic mass is 79.9. The monoisotopic (exact) mass is 293 g/mol. The van der Waals surface area contributed by atoms with E-state index >= 15 is 0 Å². The summed E-state index contributed by atoms with van der Waals surface area (Å²) < 4.78 is 1.03. The summed E-state index contributed by atoms with van der Waals surface area (Å²) in [7, 11) is 0. The molecule has 0 unspecified atom stereocenters. The first-order valence-corrected chi connectivity index (χ1v) is 6.91. The topological polar surface area (TPSA) is 12.9 Å². The Bertz CT molecular complexity index is 427. The number of rotatable bonds is 4. The van der Waals surface area contributed by atoms with Crippen LogP contribution in [0.15, 0.2) is 58.2 Å². The van der Waals surface area contributed by atoms with E-state index in [1.807, 2.05) is 24.4 Å². The molecule has 16 heavy (non-hydrogen) atoms. The molecule has 82 valence electrons. The van der Waals surface area contributed by atoms with E-state index in [1.54, 1.807) is 11.8 Å². The maximum Gasteiger partial charge on any atom is 0.0960 e. The molecule has 3 heteroatoms. The third-order valence-corrected chi connectivity index (χ3v) is 3.60. The number of thioether (sulfide) groups is 1. The largest absolute Gasteiger partial charge is 0.249 e. The Hall–Kier alpha value is -0.800. The standard InChI is InChI=1S/C13H12BrNS/c14-12-6-7-13(15-10-12)16-9-8-11-4-2-1-3-5-11/h1-7,10H,8-9H2. The van der Waals surface area contributed by atoms with Crippen molar-refractivity contribution >= 4 is 27.7 Å². The highest BCUT2D eigenvalue weighted by Crippen LogP contribution is 2.18. The molecule has 0 atom stereocenters. The number of halogens is 1. The van der Waals surface area contributed by atoms with Crippen LogP contribution >= 0.6 is 27.7 Å². The second kappa shape index (κ2) is 6.06. The molecule has 2 aromatic rings. The van der Waals surface area contributed by atoms with Gasteiger partial charge >= 0.3 is 0 Å². The molecule has 0 amide bonds. The molecule has 0 radical (unpaired) electrons. The van der Waals surface area contributed by atoms with Gasteiger partial charge in [0.2, 0.25) is 0 Å². The van der Waals surface area contributed by atoms with Crippen molar-refractivity contribution in [3.8, 4) is 0 Å². The SMILES string of the molecule is Brc1ccc(SCCc2ccccc2)nc1. The van der Waals surface area contributed by atoms with E-state index in [0.717, 1.165) is 21.7 Å². The summed E-state index contributed by atoms with van der Waals surface area (Å²) >= 11 is 5.17. The highest BCUT2D eigenvalue weighted by Gasteiger charge is 1.96. The summed E-state index contributed by atoms with van der Waals surface area (Å²) in [6.07, 6.45) is 2.92. The molecule has 0 saturated carbocycles. The van der Waals surface area contributed by atoms with Crippen molar-refractivity contribution < 1.29 is 0 Å². The number of nitrogens with zero attached hydrogens (tertiary/aromatic N) is 1. The zero-order valence-corrected chi connectivity index (χ0v) is 11.2. The van der Waals surface area contributed by atoms with Crippen LogP contribution in [0.3, 0.4) is 0 Å². The quantitative estimate of drug-likeness (QED) is 0.785. The van der Waals surface area contributed by atoms with E-state index in [9.17, 15) is 0 Å². The van der Waals surface area contributed by atoms with Crippen LogP contribution in [0.25, 0.3) is 0 Å². The van der Waals surface area contributed by atoms with Gasteiger partial charge in [0.25, 0.3) is 0 Å². The molecule has 0 N–H and O–H groups in total. The van der Waals surface area contributed by atoms with E-state index < -0.39 is 0 Å². The minimum Gasteiger partial charge on any atom is -0.249 e. The summed E-state index contributed by atoms with van der Waals surface area (Å²) in [4.78, 5) is 4.33. The number of aromatic nitrogens is 1. The van der Waals surface area contributed by atoms with Crippen LogP contribution in [0.5, 0.6) is 0 Å². The number of aryl methyl sites for hydroxylation is 1. The van der Waals surface area contributed by atoms with Gasteiger partial charge in [-0.25, -0.2) is 4.98 Å². The van der Waals surface area contributed by atoms with Crippen LogP contribution in [0.1, 0.15) is 5.56 Å². The van der Waals surface area contributed by atoms with Gasteiger partial charge in [-0.15, -0.1) is 11.8 Å². The van der Waals surface area contributed by atoms with E-state index in [-0.39, 0.29) is 0 Å². The zero-order chi connectivity index (χ0) is 11.2. The van der Waals surface area contributed by atoms with Crippen molar-refractivity contribution in [2.75, 3.05) is 5.75 Å². The fourth-order valence-corrected chi connectivity index (χ4v) is 2.44. The number of benzene rings is 1. The van der Waals surface area contributed by atoms with E-state index in [2.05, 4.69) is 45.2 Å². The summed E-state index contributed by atoms with van der Waals surface area (Å²) in [6, 6.07) is 14.6. The van der Waals surface area contributed by atoms with Crippen molar-refractivity contribution in [2.24, 2.45) is 0 Å². The van der Waals surface area contributed by atoms with Crippen LogP contribution in [0.2, 0.25) is 0 Å². The van der Waals surface area contributed by atoms with Gasteiger partial charge < -0.3 is 0 Å². The molecule has 1 aromatic heterocycles. The molecular formula is C13H12BrNS. The molecule has 0 aliphatic heterocycles. The molecule has 0 bridgehead atoms. The predicted octanol–water partition coefficient (Wildman–Crippen LogP) is 4.18. The number of pyridine rings is 1. The molecule has 0 aliphatic carbocycles. The molecule has 1 heterocycles. The Morgan fingerprint density at radius 2 is 1.88 bits per heavy atom. The summed E-state index contributed by atoms with van der Waals surface area (Å²) in [5.41, 5.74) is 1.38. The van der Waals surface area contributed by atoms with Crippen molar-refractivity contribution in [3.63, 3.8) is 0 Å². The minimum atomic E-state index is 1.03. The van der Waals surface area contributed by atoms with E-state index in [0.29, 0.717) is 0 Å². The molecule has 0 saturated heterocycles. The first-order valence-electron chi connectivity index (χ1n) is 5.13. The van der Waals surface area contributed by atoms with Crippen LogP contribution in [0.4, 0.5) is 0 Å². The van der Waals surface area contributed by atoms with E-state index in [4.69, 9.17) is 0 Å². The van der Waals surface area contributed by atoms with Gasteiger partial charge in [0.1, 0.15) is 0 Å². The van der Waals surface area contributed by atoms with Gasteiger partial charge in [0.15, 0.2) is 0 Å². The Kier molecular flexibility index (Phi) is 4.43. The Morgan fingerprint density at radius 1 is 1.06 bits per heavy atom. The molecule has 0 fully saturated rings. The fourth-order valence-electron chi connectivity index (χ4n) is 1.37. The van der Waals surface area contributed by atoms with Crippen LogP contribution in [-0.4, -0.2) is 10.7 Å². The Labute approximate surface area is 108 Å². The molecule has 0 spiro atoms. The van der Waals surface area contributed by atoms with Crippen LogP contribution < -0.4 is 0 Å². The highest BCUT2D eigenvalue weighted by molar-refractivity contribution is 9.10. The summed E-state index contributed by atoms with van der Waals surface area (Å²) in [6.45, 7) is 0. The lowest BCUT2D eigenvalue weighted by Gasteiger charge is -2.01. The van der Waals surface area contributed by atoms with Gasteiger partial charge in [-0.1, -0.05) is 30.3 Å². The van der Waals surface area contributed by atoms with E-state index in [1.165, 1.54) is 5.56 Å². The smallest absolute Gasteiger partial charge is 0.0960 e. The third-order valence-electron chi connectivity index (χ3n) is 2.18. The first-order chi connectivity index (χ1) is 7.84. The Morgan fingerprint density at radius 3 is 2.56 bits per heavy atom. The zero-order valence-electron chi connectivity index (χ0n) is 8.77. The summed E-state index contributed by atoms with van der Waals surface area (Å²) in [5, 5.41) is 1.08. The van der Waals surface area contributed by atoms with Crippen molar-refractivity contribution in [1.29, 1.82) is 0 Å². The van der Waals surface area contributed by atoms with Crippen LogP contribution in [0, 0.1) is 0 Å². The number of hydrogen-bond acceptors (Lipinski definition) is 2. The lowest BCUT2D eigenvalue weighted by Crippen LogP contribution is -1.88. The maximum absolute atomic E-state index is 4.33. The molecular weight excluding hydrogens is 282 g/mol. The second-order valence-corrected chi connectivity index (χ2v) is 5.43. The predicted molar refractivity (Wildman–Crippen MR) is 72.8 cm³/mol. The van der Waals surface area contributed by atoms with Gasteiger partial charge in [-0.05, 0) is 40.0 Å². The van der Waals surface area contributed by atoms with Gasteiger partial charge in [-0.3, -0.25) is 0 Å². The fraction of sp³-hybridized carbons (Fsp3) is 0.154. The summed E-state index contributed by atoms with van der Waals surface area (Å²) in [5.74, 6) is 1.07. The van der Waals surface area contributed by atoms with Gasteiger partial charge in [0, 0.05) is 16.4 Å². The molecule has 0 aliphatic rings. The van der Waals surface area contributed by atoms with Crippen molar-refractivity contribution in [3.05, 3.63) is 58.7 Å². The molecule has 1 nitrogen and oxygen atoms in total. The Balaban J connectivity index is 1.82. The van der Waals surface area contributed by atoms with Crippen molar-refractivity contribution in [2.45, 2.75) is 11.4 Å². The first kappa shape index (κ1) is 11.7. The minimum absolute atomic E-state index is 1.03. The lowest BCUT2D eigenvalue weighted by molar-refractivity contribution is 1.10. The average Bonchev–Trinajstić information content (AvgIpc) is 2.33. The van der Waals surface area contributed by atoms with Crippen molar-refractivity contribution in [1.82, 2.24) is 4.98 Å². The van der Waals surface area contributed by atoms with Gasteiger partial charge in [-0.2, -0.15) is 0 Å². The van der Waals surface area contributed by atoms with Gasteiger partial charge in [0.05, 0.1) is 5.03 Å². The lowest BCUT2D eigenvalue weighted by atomic mass is 10.2.